The first kappa shape index (κ1) is 15.5. The third-order valence-corrected chi connectivity index (χ3v) is 4.06. The number of anilines is 2. The van der Waals surface area contributed by atoms with Crippen molar-refractivity contribution >= 4 is 45.2 Å². The number of rotatable bonds is 3. The Hall–Kier alpha value is -2.38. The Bertz CT molecular complexity index is 832. The van der Waals surface area contributed by atoms with Gasteiger partial charge in [0, 0.05) is 4.47 Å². The number of benzene rings is 2. The van der Waals surface area contributed by atoms with Crippen LogP contribution in [0.1, 0.15) is 0 Å². The number of para-hydroxylation sites is 2. The summed E-state index contributed by atoms with van der Waals surface area (Å²) >= 11 is 9.64. The molecule has 0 bridgehead atoms. The summed E-state index contributed by atoms with van der Waals surface area (Å²) in [6.45, 7) is 0. The fourth-order valence-corrected chi connectivity index (χ4v) is 3.07. The van der Waals surface area contributed by atoms with Crippen molar-refractivity contribution in [3.8, 4) is 5.69 Å². The Morgan fingerprint density at radius 3 is 2.57 bits per heavy atom. The van der Waals surface area contributed by atoms with Gasteiger partial charge < -0.3 is 5.73 Å². The van der Waals surface area contributed by atoms with Crippen LogP contribution in [-0.2, 0) is 0 Å². The Morgan fingerprint density at radius 1 is 1.17 bits per heavy atom. The van der Waals surface area contributed by atoms with Crippen molar-refractivity contribution in [2.45, 2.75) is 0 Å². The first-order valence-corrected chi connectivity index (χ1v) is 7.75. The van der Waals surface area contributed by atoms with Gasteiger partial charge in [-0.1, -0.05) is 35.9 Å². The van der Waals surface area contributed by atoms with Gasteiger partial charge in [-0.2, -0.15) is 14.8 Å². The molecule has 0 radical (unpaired) electrons. The lowest BCUT2D eigenvalue weighted by molar-refractivity contribution is 0.255. The molecule has 0 spiro atoms. The van der Waals surface area contributed by atoms with Crippen LogP contribution in [0.3, 0.4) is 0 Å². The number of primary amides is 1. The van der Waals surface area contributed by atoms with E-state index >= 15 is 0 Å². The number of halogens is 2. The fraction of sp³-hybridized carbons (Fsp3) is 0. The Morgan fingerprint density at radius 2 is 1.91 bits per heavy atom. The highest BCUT2D eigenvalue weighted by Gasteiger charge is 2.25. The van der Waals surface area contributed by atoms with Crippen molar-refractivity contribution in [1.29, 1.82) is 0 Å². The van der Waals surface area contributed by atoms with E-state index in [9.17, 15) is 4.79 Å². The summed E-state index contributed by atoms with van der Waals surface area (Å²) < 4.78 is 2.13. The van der Waals surface area contributed by atoms with Crippen LogP contribution in [0.25, 0.3) is 5.69 Å². The molecule has 0 aliphatic heterocycles. The predicted molar refractivity (Wildman–Crippen MR) is 92.2 cm³/mol. The van der Waals surface area contributed by atoms with Crippen LogP contribution < -0.4 is 10.6 Å². The third-order valence-electron chi connectivity index (χ3n) is 3.11. The topological polar surface area (TPSA) is 77.0 Å². The highest BCUT2D eigenvalue weighted by Crippen LogP contribution is 2.37. The average molecular weight is 393 g/mol. The van der Waals surface area contributed by atoms with E-state index in [4.69, 9.17) is 17.3 Å². The van der Waals surface area contributed by atoms with Gasteiger partial charge in [0.1, 0.15) is 6.33 Å². The molecule has 6 nitrogen and oxygen atoms in total. The lowest BCUT2D eigenvalue weighted by Gasteiger charge is -2.22. The monoisotopic (exact) mass is 391 g/mol. The molecule has 23 heavy (non-hydrogen) atoms. The molecule has 0 aliphatic carbocycles. The number of carbonyl (C=O) groups excluding carboxylic acids is 1. The van der Waals surface area contributed by atoms with Gasteiger partial charge in [-0.3, -0.25) is 0 Å². The molecule has 1 aromatic heterocycles. The molecule has 0 saturated heterocycles. The predicted octanol–water partition coefficient (Wildman–Crippen LogP) is 3.90. The van der Waals surface area contributed by atoms with Crippen molar-refractivity contribution in [3.05, 3.63) is 64.4 Å². The molecular weight excluding hydrogens is 382 g/mol. The summed E-state index contributed by atoms with van der Waals surface area (Å²) in [5, 5.41) is 4.53. The van der Waals surface area contributed by atoms with Gasteiger partial charge >= 0.3 is 6.03 Å². The van der Waals surface area contributed by atoms with E-state index in [1.165, 1.54) is 15.9 Å². The van der Waals surface area contributed by atoms with E-state index in [-0.39, 0.29) is 5.95 Å². The number of hydrogen-bond acceptors (Lipinski definition) is 3. The first-order valence-electron chi connectivity index (χ1n) is 6.58. The SMILES string of the molecule is NC(=O)N(c1c(Cl)cccc1Br)c1ncnn1-c1ccccc1. The second kappa shape index (κ2) is 6.39. The van der Waals surface area contributed by atoms with Crippen LogP contribution in [0, 0.1) is 0 Å². The highest BCUT2D eigenvalue weighted by atomic mass is 79.9. The zero-order chi connectivity index (χ0) is 16.4. The smallest absolute Gasteiger partial charge is 0.326 e. The zero-order valence-electron chi connectivity index (χ0n) is 11.7. The van der Waals surface area contributed by atoms with E-state index in [0.717, 1.165) is 5.69 Å². The molecule has 3 aromatic rings. The number of carbonyl (C=O) groups is 1. The maximum atomic E-state index is 12.1. The Balaban J connectivity index is 2.19. The zero-order valence-corrected chi connectivity index (χ0v) is 14.1. The van der Waals surface area contributed by atoms with E-state index in [2.05, 4.69) is 26.0 Å². The Labute approximate surface area is 145 Å². The minimum absolute atomic E-state index is 0.248. The summed E-state index contributed by atoms with van der Waals surface area (Å²) in [5.74, 6) is 0.248. The highest BCUT2D eigenvalue weighted by molar-refractivity contribution is 9.10. The molecule has 0 atom stereocenters. The van der Waals surface area contributed by atoms with Gasteiger partial charge in [-0.15, -0.1) is 0 Å². The van der Waals surface area contributed by atoms with Gasteiger partial charge in [-0.05, 0) is 40.2 Å². The maximum absolute atomic E-state index is 12.1. The summed E-state index contributed by atoms with van der Waals surface area (Å²) in [6, 6.07) is 13.8. The number of urea groups is 1. The molecule has 8 heteroatoms. The largest absolute Gasteiger partial charge is 0.351 e. The van der Waals surface area contributed by atoms with Gasteiger partial charge in [0.2, 0.25) is 5.95 Å². The van der Waals surface area contributed by atoms with Crippen LogP contribution >= 0.6 is 27.5 Å². The van der Waals surface area contributed by atoms with Gasteiger partial charge in [-0.25, -0.2) is 9.69 Å². The summed E-state index contributed by atoms with van der Waals surface area (Å²) in [5.41, 5.74) is 6.73. The van der Waals surface area contributed by atoms with Crippen molar-refractivity contribution in [1.82, 2.24) is 14.8 Å². The molecule has 0 saturated carbocycles. The van der Waals surface area contributed by atoms with Crippen LogP contribution in [0.5, 0.6) is 0 Å². The average Bonchev–Trinajstić information content (AvgIpc) is 3.00. The van der Waals surface area contributed by atoms with Crippen molar-refractivity contribution < 1.29 is 4.79 Å². The fourth-order valence-electron chi connectivity index (χ4n) is 2.15. The molecular formula is C15H11BrClN5O. The normalized spacial score (nSPS) is 10.5. The van der Waals surface area contributed by atoms with Gasteiger partial charge in [0.05, 0.1) is 16.4 Å². The minimum Gasteiger partial charge on any atom is -0.351 e. The standard InChI is InChI=1S/C15H11BrClN5O/c16-11-7-4-8-12(17)13(11)21(14(18)23)15-19-9-20-22(15)10-5-2-1-3-6-10/h1-9H,(H2,18,23). The minimum atomic E-state index is -0.719. The van der Waals surface area contributed by atoms with Crippen molar-refractivity contribution in [2.24, 2.45) is 5.73 Å². The van der Waals surface area contributed by atoms with Gasteiger partial charge in [0.15, 0.2) is 0 Å². The number of hydrogen-bond donors (Lipinski definition) is 1. The first-order chi connectivity index (χ1) is 11.1. The van der Waals surface area contributed by atoms with Crippen LogP contribution in [0.15, 0.2) is 59.3 Å². The van der Waals surface area contributed by atoms with Crippen LogP contribution in [0.4, 0.5) is 16.4 Å². The quantitative estimate of drug-likeness (QED) is 0.734. The van der Waals surface area contributed by atoms with E-state index in [1.807, 2.05) is 30.3 Å². The van der Waals surface area contributed by atoms with Crippen LogP contribution in [-0.4, -0.2) is 20.8 Å². The molecule has 116 valence electrons. The van der Waals surface area contributed by atoms with Gasteiger partial charge in [0.25, 0.3) is 0 Å². The molecule has 2 amide bonds. The maximum Gasteiger partial charge on any atom is 0.326 e. The summed E-state index contributed by atoms with van der Waals surface area (Å²) in [4.78, 5) is 17.5. The molecule has 2 N–H and O–H groups in total. The summed E-state index contributed by atoms with van der Waals surface area (Å²) in [6.07, 6.45) is 1.35. The van der Waals surface area contributed by atoms with E-state index < -0.39 is 6.03 Å². The number of aromatic nitrogens is 3. The van der Waals surface area contributed by atoms with Crippen molar-refractivity contribution in [2.75, 3.05) is 4.90 Å². The molecule has 0 fully saturated rings. The molecule has 0 aliphatic rings. The summed E-state index contributed by atoms with van der Waals surface area (Å²) in [7, 11) is 0. The van der Waals surface area contributed by atoms with E-state index in [0.29, 0.717) is 15.2 Å². The van der Waals surface area contributed by atoms with Crippen molar-refractivity contribution in [3.63, 3.8) is 0 Å². The number of nitrogens with zero attached hydrogens (tertiary/aromatic N) is 4. The molecule has 1 heterocycles. The third kappa shape index (κ3) is 2.93. The van der Waals surface area contributed by atoms with E-state index in [1.54, 1.807) is 18.2 Å². The number of nitrogens with two attached hydrogens (primary N) is 1. The molecule has 0 unspecified atom stereocenters. The second-order valence-electron chi connectivity index (χ2n) is 4.55. The number of amides is 2. The molecule has 2 aromatic carbocycles. The second-order valence-corrected chi connectivity index (χ2v) is 5.81. The lowest BCUT2D eigenvalue weighted by atomic mass is 10.3. The molecule has 3 rings (SSSR count). The lowest BCUT2D eigenvalue weighted by Crippen LogP contribution is -2.34. The van der Waals surface area contributed by atoms with Crippen LogP contribution in [0.2, 0.25) is 5.02 Å². The Kier molecular flexibility index (Phi) is 4.31.